The van der Waals surface area contributed by atoms with Gasteiger partial charge in [-0.25, -0.2) is 9.97 Å². The molecule has 0 spiro atoms. The number of nitrogens with one attached hydrogen (secondary N) is 1. The van der Waals surface area contributed by atoms with E-state index in [9.17, 15) is 0 Å². The minimum atomic E-state index is 0.931. The van der Waals surface area contributed by atoms with Gasteiger partial charge in [-0.15, -0.1) is 0 Å². The molecule has 5 nitrogen and oxygen atoms in total. The first-order valence-electron chi connectivity index (χ1n) is 8.04. The monoisotopic (exact) mass is 293 g/mol. The van der Waals surface area contributed by atoms with Gasteiger partial charge in [0.05, 0.1) is 0 Å². The molecule has 1 rings (SSSR count). The van der Waals surface area contributed by atoms with Crippen molar-refractivity contribution < 1.29 is 0 Å². The number of aryl methyl sites for hydroxylation is 1. The summed E-state index contributed by atoms with van der Waals surface area (Å²) in [7, 11) is 6.32. The average Bonchev–Trinajstić information content (AvgIpc) is 2.44. The summed E-state index contributed by atoms with van der Waals surface area (Å²) in [4.78, 5) is 13.7. The molecule has 0 saturated heterocycles. The lowest BCUT2D eigenvalue weighted by atomic mass is 10.3. The zero-order valence-electron chi connectivity index (χ0n) is 14.3. The lowest BCUT2D eigenvalue weighted by Crippen LogP contribution is -2.24. The van der Waals surface area contributed by atoms with E-state index in [4.69, 9.17) is 4.98 Å². The standard InChI is InChI=1S/C16H31N5/c1-6-9-14-18-15(17-10-7-2)13-16(19-14)21(5)12-8-11-20(3)4/h13H,6-12H2,1-5H3,(H,17,18,19). The molecule has 0 aliphatic heterocycles. The smallest absolute Gasteiger partial charge is 0.134 e. The van der Waals surface area contributed by atoms with Crippen LogP contribution in [-0.4, -0.2) is 55.6 Å². The van der Waals surface area contributed by atoms with E-state index in [-0.39, 0.29) is 0 Å². The number of aromatic nitrogens is 2. The fourth-order valence-electron chi connectivity index (χ4n) is 2.10. The van der Waals surface area contributed by atoms with Crippen LogP contribution in [0, 0.1) is 0 Å². The Morgan fingerprint density at radius 1 is 1.05 bits per heavy atom. The van der Waals surface area contributed by atoms with Crippen molar-refractivity contribution in [1.29, 1.82) is 0 Å². The van der Waals surface area contributed by atoms with Crippen LogP contribution in [0.3, 0.4) is 0 Å². The maximum Gasteiger partial charge on any atom is 0.134 e. The molecule has 0 unspecified atom stereocenters. The van der Waals surface area contributed by atoms with Gasteiger partial charge in [-0.3, -0.25) is 0 Å². The van der Waals surface area contributed by atoms with Crippen LogP contribution in [0.15, 0.2) is 6.07 Å². The summed E-state index contributed by atoms with van der Waals surface area (Å²) in [5.41, 5.74) is 0. The zero-order valence-corrected chi connectivity index (χ0v) is 14.3. The Hall–Kier alpha value is -1.36. The highest BCUT2D eigenvalue weighted by atomic mass is 15.2. The Bertz CT molecular complexity index is 406. The first-order chi connectivity index (χ1) is 10.1. The van der Waals surface area contributed by atoms with Crippen LogP contribution in [0.25, 0.3) is 0 Å². The normalized spacial score (nSPS) is 11.0. The summed E-state index contributed by atoms with van der Waals surface area (Å²) >= 11 is 0. The molecule has 1 aromatic rings. The number of anilines is 2. The molecule has 0 aliphatic carbocycles. The predicted molar refractivity (Wildman–Crippen MR) is 91.2 cm³/mol. The third-order valence-corrected chi connectivity index (χ3v) is 3.28. The van der Waals surface area contributed by atoms with E-state index in [0.29, 0.717) is 0 Å². The van der Waals surface area contributed by atoms with Gasteiger partial charge in [0, 0.05) is 32.6 Å². The van der Waals surface area contributed by atoms with E-state index in [1.807, 2.05) is 0 Å². The van der Waals surface area contributed by atoms with Gasteiger partial charge in [-0.05, 0) is 39.9 Å². The maximum absolute atomic E-state index is 4.69. The molecule has 21 heavy (non-hydrogen) atoms. The van der Waals surface area contributed by atoms with Gasteiger partial charge in [-0.1, -0.05) is 13.8 Å². The quantitative estimate of drug-likeness (QED) is 0.718. The van der Waals surface area contributed by atoms with Crippen LogP contribution < -0.4 is 10.2 Å². The van der Waals surface area contributed by atoms with E-state index < -0.39 is 0 Å². The summed E-state index contributed by atoms with van der Waals surface area (Å²) in [6, 6.07) is 2.06. The van der Waals surface area contributed by atoms with E-state index in [1.165, 1.54) is 0 Å². The molecule has 0 aromatic carbocycles. The second-order valence-corrected chi connectivity index (χ2v) is 5.78. The predicted octanol–water partition coefficient (Wildman–Crippen LogP) is 2.64. The zero-order chi connectivity index (χ0) is 15.7. The SMILES string of the molecule is CCCNc1cc(N(C)CCCN(C)C)nc(CCC)n1. The summed E-state index contributed by atoms with van der Waals surface area (Å²) in [6.45, 7) is 7.38. The molecular weight excluding hydrogens is 262 g/mol. The molecule has 0 aliphatic rings. The number of hydrogen-bond acceptors (Lipinski definition) is 5. The molecule has 0 atom stereocenters. The lowest BCUT2D eigenvalue weighted by Gasteiger charge is -2.21. The molecule has 0 amide bonds. The van der Waals surface area contributed by atoms with Crippen molar-refractivity contribution in [3.8, 4) is 0 Å². The molecule has 1 heterocycles. The van der Waals surface area contributed by atoms with Crippen LogP contribution in [-0.2, 0) is 6.42 Å². The summed E-state index contributed by atoms with van der Waals surface area (Å²) in [6.07, 6.45) is 4.23. The first kappa shape index (κ1) is 17.7. The molecular formula is C16H31N5. The first-order valence-corrected chi connectivity index (χ1v) is 8.04. The second-order valence-electron chi connectivity index (χ2n) is 5.78. The molecule has 0 saturated carbocycles. The van der Waals surface area contributed by atoms with Crippen molar-refractivity contribution in [3.05, 3.63) is 11.9 Å². The van der Waals surface area contributed by atoms with Crippen LogP contribution in [0.1, 0.15) is 38.9 Å². The van der Waals surface area contributed by atoms with Crippen molar-refractivity contribution in [1.82, 2.24) is 14.9 Å². The van der Waals surface area contributed by atoms with Crippen molar-refractivity contribution in [2.24, 2.45) is 0 Å². The van der Waals surface area contributed by atoms with Gasteiger partial charge in [0.15, 0.2) is 0 Å². The van der Waals surface area contributed by atoms with Crippen LogP contribution in [0.4, 0.5) is 11.6 Å². The van der Waals surface area contributed by atoms with Crippen molar-refractivity contribution in [2.75, 3.05) is 51.0 Å². The van der Waals surface area contributed by atoms with Crippen molar-refractivity contribution >= 4 is 11.6 Å². The number of nitrogens with zero attached hydrogens (tertiary/aromatic N) is 4. The molecule has 0 radical (unpaired) electrons. The average molecular weight is 293 g/mol. The molecule has 1 aromatic heterocycles. The van der Waals surface area contributed by atoms with Crippen LogP contribution >= 0.6 is 0 Å². The van der Waals surface area contributed by atoms with E-state index in [1.54, 1.807) is 0 Å². The van der Waals surface area contributed by atoms with Gasteiger partial charge in [-0.2, -0.15) is 0 Å². The summed E-state index contributed by atoms with van der Waals surface area (Å²) in [5.74, 6) is 2.91. The molecule has 0 fully saturated rings. The molecule has 5 heteroatoms. The molecule has 0 bridgehead atoms. The molecule has 1 N–H and O–H groups in total. The van der Waals surface area contributed by atoms with Gasteiger partial charge < -0.3 is 15.1 Å². The fraction of sp³-hybridized carbons (Fsp3) is 0.750. The van der Waals surface area contributed by atoms with Gasteiger partial charge >= 0.3 is 0 Å². The summed E-state index contributed by atoms with van der Waals surface area (Å²) in [5, 5.41) is 3.38. The Morgan fingerprint density at radius 2 is 1.81 bits per heavy atom. The molecule has 120 valence electrons. The van der Waals surface area contributed by atoms with E-state index in [2.05, 4.69) is 61.2 Å². The Morgan fingerprint density at radius 3 is 2.43 bits per heavy atom. The largest absolute Gasteiger partial charge is 0.370 e. The lowest BCUT2D eigenvalue weighted by molar-refractivity contribution is 0.401. The van der Waals surface area contributed by atoms with Gasteiger partial charge in [0.25, 0.3) is 0 Å². The van der Waals surface area contributed by atoms with E-state index >= 15 is 0 Å². The number of rotatable bonds is 10. The topological polar surface area (TPSA) is 44.3 Å². The Kier molecular flexibility index (Phi) is 8.05. The van der Waals surface area contributed by atoms with Crippen LogP contribution in [0.2, 0.25) is 0 Å². The highest BCUT2D eigenvalue weighted by Gasteiger charge is 2.08. The maximum atomic E-state index is 4.69. The summed E-state index contributed by atoms with van der Waals surface area (Å²) < 4.78 is 0. The Labute approximate surface area is 129 Å². The van der Waals surface area contributed by atoms with E-state index in [0.717, 1.165) is 62.8 Å². The highest BCUT2D eigenvalue weighted by molar-refractivity contribution is 5.49. The van der Waals surface area contributed by atoms with Gasteiger partial charge in [0.1, 0.15) is 17.5 Å². The number of hydrogen-bond donors (Lipinski definition) is 1. The van der Waals surface area contributed by atoms with Crippen molar-refractivity contribution in [3.63, 3.8) is 0 Å². The third kappa shape index (κ3) is 6.76. The minimum Gasteiger partial charge on any atom is -0.370 e. The minimum absolute atomic E-state index is 0.931. The second kappa shape index (κ2) is 9.55. The van der Waals surface area contributed by atoms with Gasteiger partial charge in [0.2, 0.25) is 0 Å². The van der Waals surface area contributed by atoms with Crippen LogP contribution in [0.5, 0.6) is 0 Å². The fourth-order valence-corrected chi connectivity index (χ4v) is 2.10. The Balaban J connectivity index is 2.75. The highest BCUT2D eigenvalue weighted by Crippen LogP contribution is 2.16. The third-order valence-electron chi connectivity index (χ3n) is 3.28. The van der Waals surface area contributed by atoms with Crippen molar-refractivity contribution in [2.45, 2.75) is 39.5 Å².